The van der Waals surface area contributed by atoms with Crippen molar-refractivity contribution >= 4 is 35.1 Å². The van der Waals surface area contributed by atoms with Gasteiger partial charge in [0.2, 0.25) is 11.8 Å². The number of Topliss-reactive ketones (excluding diaryl/α,β-unsaturated/α-hetero) is 3. The highest BCUT2D eigenvalue weighted by atomic mass is 16.6. The summed E-state index contributed by atoms with van der Waals surface area (Å²) in [5.74, 6) is -1.11. The van der Waals surface area contributed by atoms with Crippen molar-refractivity contribution < 1.29 is 52.8 Å². The van der Waals surface area contributed by atoms with Crippen molar-refractivity contribution in [3.05, 3.63) is 83.0 Å². The Balaban J connectivity index is 0.000000255. The summed E-state index contributed by atoms with van der Waals surface area (Å²) in [6.07, 6.45) is 12.3. The van der Waals surface area contributed by atoms with Gasteiger partial charge in [-0.3, -0.25) is 28.8 Å². The number of carbonyl (C=O) groups excluding carboxylic acids is 5. The van der Waals surface area contributed by atoms with Crippen molar-refractivity contribution in [2.75, 3.05) is 27.4 Å². The van der Waals surface area contributed by atoms with Gasteiger partial charge in [-0.15, -0.1) is 0 Å². The molecule has 65 heavy (non-hydrogen) atoms. The zero-order valence-corrected chi connectivity index (χ0v) is 39.1. The third kappa shape index (κ3) is 16.6. The zero-order chi connectivity index (χ0) is 47.9. The number of rotatable bonds is 22. The lowest BCUT2D eigenvalue weighted by Crippen LogP contribution is -2.51. The summed E-state index contributed by atoms with van der Waals surface area (Å²) in [6.45, 7) is 9.21. The summed E-state index contributed by atoms with van der Waals surface area (Å²) < 4.78 is 21.0. The van der Waals surface area contributed by atoms with Crippen molar-refractivity contribution in [3.8, 4) is 11.5 Å². The first kappa shape index (κ1) is 52.4. The van der Waals surface area contributed by atoms with E-state index in [0.29, 0.717) is 38.9 Å². The van der Waals surface area contributed by atoms with E-state index >= 15 is 0 Å². The third-order valence-electron chi connectivity index (χ3n) is 12.1. The Kier molecular flexibility index (Phi) is 19.6. The highest BCUT2D eigenvalue weighted by Crippen LogP contribution is 2.33. The maximum Gasteiger partial charge on any atom is 0.305 e. The summed E-state index contributed by atoms with van der Waals surface area (Å²) >= 11 is 0. The number of carbonyl (C=O) groups is 6. The first-order valence-electron chi connectivity index (χ1n) is 22.6. The zero-order valence-electron chi connectivity index (χ0n) is 39.1. The molecule has 2 aliphatic heterocycles. The lowest BCUT2D eigenvalue weighted by Gasteiger charge is -2.24. The van der Waals surface area contributed by atoms with Gasteiger partial charge in [-0.05, 0) is 120 Å². The molecule has 0 spiro atoms. The number of carboxylic acids is 1. The monoisotopic (exact) mass is 903 g/mol. The summed E-state index contributed by atoms with van der Waals surface area (Å²) in [6, 6.07) is 12.2. The van der Waals surface area contributed by atoms with E-state index in [4.69, 9.17) is 35.5 Å². The third-order valence-corrected chi connectivity index (χ3v) is 12.1. The molecule has 0 radical (unpaired) electrons. The van der Waals surface area contributed by atoms with E-state index in [-0.39, 0.29) is 41.5 Å². The molecule has 2 heterocycles. The maximum atomic E-state index is 13.3. The Bertz CT molecular complexity index is 2020. The number of nitrogens with one attached hydrogen (secondary N) is 2. The molecule has 7 atom stereocenters. The Morgan fingerprint density at radius 2 is 1.08 bits per heavy atom. The minimum atomic E-state index is -0.829. The number of ketones is 3. The van der Waals surface area contributed by atoms with Gasteiger partial charge < -0.3 is 46.2 Å². The molecule has 2 saturated heterocycles. The smallest absolute Gasteiger partial charge is 0.305 e. The van der Waals surface area contributed by atoms with Crippen LogP contribution in [0.3, 0.4) is 0 Å². The van der Waals surface area contributed by atoms with E-state index in [0.717, 1.165) is 61.2 Å². The van der Waals surface area contributed by atoms with E-state index in [1.165, 1.54) is 11.1 Å². The van der Waals surface area contributed by atoms with E-state index in [1.807, 2.05) is 48.5 Å². The van der Waals surface area contributed by atoms with Gasteiger partial charge in [0.1, 0.15) is 28.5 Å². The molecule has 2 aliphatic carbocycles. The molecule has 4 aliphatic rings. The van der Waals surface area contributed by atoms with Crippen LogP contribution in [0.5, 0.6) is 11.5 Å². The second-order valence-electron chi connectivity index (χ2n) is 18.2. The second-order valence-corrected chi connectivity index (χ2v) is 18.2. The summed E-state index contributed by atoms with van der Waals surface area (Å²) in [5, 5.41) is 13.8. The van der Waals surface area contributed by atoms with Crippen LogP contribution in [-0.4, -0.2) is 103 Å². The molecule has 15 nitrogen and oxygen atoms in total. The number of carboxylic acid groups (broad SMARTS) is 1. The van der Waals surface area contributed by atoms with Crippen molar-refractivity contribution in [3.63, 3.8) is 0 Å². The summed E-state index contributed by atoms with van der Waals surface area (Å²) in [7, 11) is 3.20. The van der Waals surface area contributed by atoms with Gasteiger partial charge in [-0.2, -0.15) is 0 Å². The fourth-order valence-electron chi connectivity index (χ4n) is 7.44. The Hall–Kier alpha value is -5.22. The molecule has 2 amide bonds. The molecule has 15 heteroatoms. The summed E-state index contributed by atoms with van der Waals surface area (Å²) in [4.78, 5) is 73.9. The molecule has 6 rings (SSSR count). The highest BCUT2D eigenvalue weighted by molar-refractivity contribution is 5.98. The van der Waals surface area contributed by atoms with Gasteiger partial charge >= 0.3 is 5.97 Å². The summed E-state index contributed by atoms with van der Waals surface area (Å²) in [5.41, 5.74) is 14.5. The number of methoxy groups -OCH3 is 2. The number of nitrogens with two attached hydrogens (primary N) is 2. The molecule has 0 saturated carbocycles. The first-order valence-corrected chi connectivity index (χ1v) is 22.6. The predicted molar refractivity (Wildman–Crippen MR) is 246 cm³/mol. The van der Waals surface area contributed by atoms with Crippen molar-refractivity contribution in [2.45, 2.75) is 141 Å². The van der Waals surface area contributed by atoms with Gasteiger partial charge in [0.05, 0.1) is 57.5 Å². The quantitative estimate of drug-likeness (QED) is 0.0761. The minimum absolute atomic E-state index is 0.0207. The SMILES string of the molecule is CC(C)C(=O)O.COc1ccc(C[C@H](CC(=O)[C@H](C)N)C(=O)N[C@@H](CC2=CCCC2)C(=O)[C@@]2(C)CO2)cc1.COc1ccc(C[C@H](N)C(=O)N[C@@H](CC2=CCCC2)C(=O)[C@@]2(C)CO2)cc1. The highest BCUT2D eigenvalue weighted by Gasteiger charge is 2.51. The van der Waals surface area contributed by atoms with Gasteiger partial charge in [0, 0.05) is 12.3 Å². The van der Waals surface area contributed by atoms with Crippen molar-refractivity contribution in [1.82, 2.24) is 10.6 Å². The fourth-order valence-corrected chi connectivity index (χ4v) is 7.44. The predicted octanol–water partition coefficient (Wildman–Crippen LogP) is 5.14. The van der Waals surface area contributed by atoms with Crippen LogP contribution in [0.2, 0.25) is 0 Å². The molecule has 2 fully saturated rings. The average Bonchev–Trinajstić information content (AvgIpc) is 4.05. The van der Waals surface area contributed by atoms with Crippen LogP contribution in [0.15, 0.2) is 71.8 Å². The van der Waals surface area contributed by atoms with E-state index < -0.39 is 47.3 Å². The van der Waals surface area contributed by atoms with Crippen LogP contribution >= 0.6 is 0 Å². The van der Waals surface area contributed by atoms with Crippen LogP contribution in [0.1, 0.15) is 104 Å². The molecule has 0 bridgehead atoms. The number of benzene rings is 2. The lowest BCUT2D eigenvalue weighted by molar-refractivity contribution is -0.140. The van der Waals surface area contributed by atoms with Crippen LogP contribution < -0.4 is 31.6 Å². The number of aliphatic carboxylic acids is 1. The Morgan fingerprint density at radius 1 is 0.677 bits per heavy atom. The number of ether oxygens (including phenoxy) is 4. The van der Waals surface area contributed by atoms with Crippen LogP contribution in [0.4, 0.5) is 0 Å². The van der Waals surface area contributed by atoms with Crippen LogP contribution in [-0.2, 0) is 51.1 Å². The molecule has 0 unspecified atom stereocenters. The standard InChI is InChI=1S/C25H34N2O5.C21H28N2O4.C4H8O2/c1-16(26)22(28)14-19(12-18-8-10-20(31-3)11-9-18)24(30)27-21(13-17-6-4-5-7-17)23(29)25(2)15-32-25;1-21(13-27-21)19(24)18(12-14-5-3-4-6-14)23-20(25)17(22)11-15-7-9-16(26-2)10-8-15;1-3(2)4(5)6/h6,8-11,16,19,21H,4-5,7,12-15,26H2,1-3H3,(H,27,30);5,7-10,17-18H,3-4,6,11-13,22H2,1-2H3,(H,23,25);3H,1-2H3,(H,5,6)/t16-,19+,21-,25+;17-,18-,21+;/m00./s1. The van der Waals surface area contributed by atoms with Crippen molar-refractivity contribution in [1.29, 1.82) is 0 Å². The normalized spacial score (nSPS) is 21.6. The van der Waals surface area contributed by atoms with Gasteiger partial charge in [-0.25, -0.2) is 0 Å². The van der Waals surface area contributed by atoms with E-state index in [9.17, 15) is 28.8 Å². The van der Waals surface area contributed by atoms with Gasteiger partial charge in [0.25, 0.3) is 0 Å². The molecule has 7 N–H and O–H groups in total. The van der Waals surface area contributed by atoms with Crippen LogP contribution in [0.25, 0.3) is 0 Å². The van der Waals surface area contributed by atoms with Crippen molar-refractivity contribution in [2.24, 2.45) is 23.3 Å². The first-order chi connectivity index (χ1) is 30.8. The van der Waals surface area contributed by atoms with Crippen LogP contribution in [0, 0.1) is 11.8 Å². The van der Waals surface area contributed by atoms with Gasteiger partial charge in [0.15, 0.2) is 11.6 Å². The Morgan fingerprint density at radius 3 is 1.42 bits per heavy atom. The molecule has 0 aromatic heterocycles. The molecule has 356 valence electrons. The largest absolute Gasteiger partial charge is 0.497 e. The van der Waals surface area contributed by atoms with E-state index in [2.05, 4.69) is 22.8 Å². The number of allylic oxidation sites excluding steroid dienone is 2. The second kappa shape index (κ2) is 24.3. The van der Waals surface area contributed by atoms with Gasteiger partial charge in [-0.1, -0.05) is 61.4 Å². The molecule has 2 aromatic rings. The fraction of sp³-hybridized carbons (Fsp3) is 0.560. The van der Waals surface area contributed by atoms with E-state index in [1.54, 1.807) is 48.8 Å². The molecule has 2 aromatic carbocycles. The topological polar surface area (TPSA) is 242 Å². The average molecular weight is 903 g/mol. The lowest BCUT2D eigenvalue weighted by atomic mass is 9.90. The maximum absolute atomic E-state index is 13.3. The number of epoxide rings is 2. The molecular formula is C50H70N4O11. The number of hydrogen-bond acceptors (Lipinski definition) is 12. The Labute approximate surface area is 383 Å². The number of amides is 2. The minimum Gasteiger partial charge on any atom is -0.497 e. The number of hydrogen-bond donors (Lipinski definition) is 5. The molecular weight excluding hydrogens is 833 g/mol.